The lowest BCUT2D eigenvalue weighted by Gasteiger charge is -2.26. The van der Waals surface area contributed by atoms with E-state index in [1.165, 1.54) is 12.1 Å². The van der Waals surface area contributed by atoms with Gasteiger partial charge in [-0.2, -0.15) is 0 Å². The van der Waals surface area contributed by atoms with E-state index in [2.05, 4.69) is 0 Å². The Morgan fingerprint density at radius 1 is 1.20 bits per heavy atom. The van der Waals surface area contributed by atoms with Gasteiger partial charge in [0.05, 0.1) is 6.10 Å². The van der Waals surface area contributed by atoms with Crippen LogP contribution in [0.2, 0.25) is 0 Å². The lowest BCUT2D eigenvalue weighted by Crippen LogP contribution is -2.36. The number of aliphatic hydroxyl groups excluding tert-OH is 1. The zero-order chi connectivity index (χ0) is 17.6. The number of ether oxygens (including phenoxy) is 1. The first kappa shape index (κ1) is 17.4. The molecule has 3 rings (SSSR count). The minimum absolute atomic E-state index is 0.0664. The quantitative estimate of drug-likeness (QED) is 0.891. The third-order valence-electron chi connectivity index (χ3n) is 4.57. The van der Waals surface area contributed by atoms with Crippen LogP contribution in [0.1, 0.15) is 36.5 Å². The first-order valence-electron chi connectivity index (χ1n) is 8.54. The van der Waals surface area contributed by atoms with Gasteiger partial charge >= 0.3 is 6.09 Å². The van der Waals surface area contributed by atoms with Crippen molar-refractivity contribution in [3.05, 3.63) is 71.5 Å². The zero-order valence-electron chi connectivity index (χ0n) is 14.0. The molecule has 0 radical (unpaired) electrons. The van der Waals surface area contributed by atoms with Gasteiger partial charge in [0.2, 0.25) is 0 Å². The number of benzene rings is 2. The van der Waals surface area contributed by atoms with Gasteiger partial charge in [0.15, 0.2) is 0 Å². The van der Waals surface area contributed by atoms with Crippen LogP contribution in [-0.4, -0.2) is 28.7 Å². The van der Waals surface area contributed by atoms with Crippen molar-refractivity contribution in [3.63, 3.8) is 0 Å². The number of aliphatic hydroxyl groups is 1. The Kier molecular flexibility index (Phi) is 5.66. The minimum atomic E-state index is -0.729. The van der Waals surface area contributed by atoms with Crippen LogP contribution in [0, 0.1) is 5.82 Å². The SMILES string of the molecule is O=C(OCc1ccccc1)N1CCCC1CC(O)c1ccc(F)cc1. The predicted molar refractivity (Wildman–Crippen MR) is 92.3 cm³/mol. The van der Waals surface area contributed by atoms with Crippen LogP contribution < -0.4 is 0 Å². The Bertz CT molecular complexity index is 690. The first-order valence-corrected chi connectivity index (χ1v) is 8.54. The van der Waals surface area contributed by atoms with Crippen molar-refractivity contribution >= 4 is 6.09 Å². The summed E-state index contributed by atoms with van der Waals surface area (Å²) < 4.78 is 18.4. The van der Waals surface area contributed by atoms with Gasteiger partial charge in [0.1, 0.15) is 12.4 Å². The molecule has 0 saturated carbocycles. The second-order valence-corrected chi connectivity index (χ2v) is 6.33. The van der Waals surface area contributed by atoms with E-state index in [-0.39, 0.29) is 24.6 Å². The summed E-state index contributed by atoms with van der Waals surface area (Å²) in [7, 11) is 0. The monoisotopic (exact) mass is 343 g/mol. The molecule has 1 saturated heterocycles. The Morgan fingerprint density at radius 2 is 1.92 bits per heavy atom. The molecule has 25 heavy (non-hydrogen) atoms. The maximum absolute atomic E-state index is 13.0. The summed E-state index contributed by atoms with van der Waals surface area (Å²) in [5.41, 5.74) is 1.60. The molecule has 1 fully saturated rings. The van der Waals surface area contributed by atoms with Crippen LogP contribution in [-0.2, 0) is 11.3 Å². The van der Waals surface area contributed by atoms with Gasteiger partial charge in [-0.25, -0.2) is 9.18 Å². The zero-order valence-corrected chi connectivity index (χ0v) is 14.0. The summed E-state index contributed by atoms with van der Waals surface area (Å²) in [6.07, 6.45) is 1.07. The van der Waals surface area contributed by atoms with Gasteiger partial charge in [0, 0.05) is 12.6 Å². The summed E-state index contributed by atoms with van der Waals surface area (Å²) in [5, 5.41) is 10.4. The Balaban J connectivity index is 1.56. The van der Waals surface area contributed by atoms with E-state index in [0.717, 1.165) is 18.4 Å². The molecule has 1 amide bonds. The van der Waals surface area contributed by atoms with Crippen molar-refractivity contribution in [2.45, 2.75) is 38.0 Å². The molecule has 4 nitrogen and oxygen atoms in total. The second-order valence-electron chi connectivity index (χ2n) is 6.33. The molecule has 132 valence electrons. The fourth-order valence-electron chi connectivity index (χ4n) is 3.20. The number of carbonyl (C=O) groups is 1. The van der Waals surface area contributed by atoms with E-state index in [4.69, 9.17) is 4.74 Å². The summed E-state index contributed by atoms with van der Waals surface area (Å²) >= 11 is 0. The molecule has 2 atom stereocenters. The molecule has 2 unspecified atom stereocenters. The molecule has 1 heterocycles. The molecule has 0 bridgehead atoms. The average molecular weight is 343 g/mol. The molecule has 0 aliphatic carbocycles. The number of hydrogen-bond acceptors (Lipinski definition) is 3. The van der Waals surface area contributed by atoms with Crippen LogP contribution >= 0.6 is 0 Å². The molecule has 0 aromatic heterocycles. The maximum Gasteiger partial charge on any atom is 0.410 e. The van der Waals surface area contributed by atoms with E-state index in [1.54, 1.807) is 17.0 Å². The fraction of sp³-hybridized carbons (Fsp3) is 0.350. The Labute approximate surface area is 146 Å². The van der Waals surface area contributed by atoms with E-state index < -0.39 is 6.10 Å². The van der Waals surface area contributed by atoms with Crippen molar-refractivity contribution in [2.75, 3.05) is 6.54 Å². The van der Waals surface area contributed by atoms with Crippen molar-refractivity contribution in [2.24, 2.45) is 0 Å². The molecule has 2 aromatic carbocycles. The van der Waals surface area contributed by atoms with E-state index in [1.807, 2.05) is 30.3 Å². The number of carbonyl (C=O) groups excluding carboxylic acids is 1. The normalized spacial score (nSPS) is 18.2. The smallest absolute Gasteiger partial charge is 0.410 e. The molecular weight excluding hydrogens is 321 g/mol. The lowest BCUT2D eigenvalue weighted by atomic mass is 10.0. The topological polar surface area (TPSA) is 49.8 Å². The van der Waals surface area contributed by atoms with Crippen LogP contribution in [0.3, 0.4) is 0 Å². The molecule has 1 aliphatic heterocycles. The lowest BCUT2D eigenvalue weighted by molar-refractivity contribution is 0.0763. The van der Waals surface area contributed by atoms with E-state index in [0.29, 0.717) is 18.5 Å². The highest BCUT2D eigenvalue weighted by Gasteiger charge is 2.31. The summed E-state index contributed by atoms with van der Waals surface area (Å²) in [4.78, 5) is 14.1. The van der Waals surface area contributed by atoms with Crippen LogP contribution in [0.5, 0.6) is 0 Å². The standard InChI is InChI=1S/C20H22FNO3/c21-17-10-8-16(9-11-17)19(23)13-18-7-4-12-22(18)20(24)25-14-15-5-2-1-3-6-15/h1-3,5-6,8-11,18-19,23H,4,7,12-14H2. The molecule has 5 heteroatoms. The van der Waals surface area contributed by atoms with Gasteiger partial charge in [-0.1, -0.05) is 42.5 Å². The van der Waals surface area contributed by atoms with E-state index in [9.17, 15) is 14.3 Å². The number of amides is 1. The molecule has 1 N–H and O–H groups in total. The third-order valence-corrected chi connectivity index (χ3v) is 4.57. The van der Waals surface area contributed by atoms with Gasteiger partial charge in [-0.3, -0.25) is 0 Å². The van der Waals surface area contributed by atoms with Crippen molar-refractivity contribution < 1.29 is 19.0 Å². The largest absolute Gasteiger partial charge is 0.445 e. The highest BCUT2D eigenvalue weighted by Crippen LogP contribution is 2.28. The van der Waals surface area contributed by atoms with Crippen molar-refractivity contribution in [1.29, 1.82) is 0 Å². The number of likely N-dealkylation sites (tertiary alicyclic amines) is 1. The number of nitrogens with zero attached hydrogens (tertiary/aromatic N) is 1. The van der Waals surface area contributed by atoms with Crippen molar-refractivity contribution in [1.82, 2.24) is 4.90 Å². The Hall–Kier alpha value is -2.40. The Morgan fingerprint density at radius 3 is 2.64 bits per heavy atom. The molecule has 0 spiro atoms. The van der Waals surface area contributed by atoms with Gasteiger partial charge < -0.3 is 14.7 Å². The number of halogens is 1. The maximum atomic E-state index is 13.0. The molecule has 1 aliphatic rings. The first-order chi connectivity index (χ1) is 12.1. The van der Waals surface area contributed by atoms with Gasteiger partial charge in [-0.15, -0.1) is 0 Å². The number of rotatable bonds is 5. The highest BCUT2D eigenvalue weighted by atomic mass is 19.1. The molecule has 2 aromatic rings. The van der Waals surface area contributed by atoms with E-state index >= 15 is 0 Å². The van der Waals surface area contributed by atoms with Crippen LogP contribution in [0.15, 0.2) is 54.6 Å². The highest BCUT2D eigenvalue weighted by molar-refractivity contribution is 5.68. The van der Waals surface area contributed by atoms with Gasteiger partial charge in [-0.05, 0) is 42.5 Å². The minimum Gasteiger partial charge on any atom is -0.445 e. The predicted octanol–water partition coefficient (Wildman–Crippen LogP) is 4.05. The van der Waals surface area contributed by atoms with Gasteiger partial charge in [0.25, 0.3) is 0 Å². The van der Waals surface area contributed by atoms with Crippen LogP contribution in [0.25, 0.3) is 0 Å². The van der Waals surface area contributed by atoms with Crippen LogP contribution in [0.4, 0.5) is 9.18 Å². The average Bonchev–Trinajstić information content (AvgIpc) is 3.09. The fourth-order valence-corrected chi connectivity index (χ4v) is 3.20. The van der Waals surface area contributed by atoms with Crippen molar-refractivity contribution in [3.8, 4) is 0 Å². The summed E-state index contributed by atoms with van der Waals surface area (Å²) in [6.45, 7) is 0.873. The third kappa shape index (κ3) is 4.57. The summed E-state index contributed by atoms with van der Waals surface area (Å²) in [6, 6.07) is 15.3. The molecular formula is C20H22FNO3. The number of hydrogen-bond donors (Lipinski definition) is 1. The second kappa shape index (κ2) is 8.12. The summed E-state index contributed by atoms with van der Waals surface area (Å²) in [5.74, 6) is -0.331.